The zero-order valence-electron chi connectivity index (χ0n) is 6.16. The molecule has 11 heavy (non-hydrogen) atoms. The number of hydrogen-bond acceptors (Lipinski definition) is 3. The highest BCUT2D eigenvalue weighted by atomic mass is 16.2. The second kappa shape index (κ2) is 4.43. The van der Waals surface area contributed by atoms with E-state index in [2.05, 4.69) is 5.32 Å². The van der Waals surface area contributed by atoms with Gasteiger partial charge in [-0.15, -0.1) is 0 Å². The van der Waals surface area contributed by atoms with Crippen LogP contribution in [0.1, 0.15) is 13.3 Å². The van der Waals surface area contributed by atoms with Crippen LogP contribution in [0.2, 0.25) is 0 Å². The van der Waals surface area contributed by atoms with E-state index in [-0.39, 0.29) is 12.3 Å². The van der Waals surface area contributed by atoms with Gasteiger partial charge in [-0.25, -0.2) is 0 Å². The van der Waals surface area contributed by atoms with Crippen LogP contribution in [0.4, 0.5) is 0 Å². The molecule has 5 nitrogen and oxygen atoms in total. The number of nitrogens with two attached hydrogens (primary N) is 1. The van der Waals surface area contributed by atoms with Crippen molar-refractivity contribution >= 4 is 18.1 Å². The fraction of sp³-hybridized carbons (Fsp3) is 0.500. The van der Waals surface area contributed by atoms with E-state index in [9.17, 15) is 14.4 Å². The van der Waals surface area contributed by atoms with Crippen LogP contribution in [0.15, 0.2) is 0 Å². The first-order chi connectivity index (χ1) is 5.06. The lowest BCUT2D eigenvalue weighted by atomic mass is 10.2. The molecular weight excluding hydrogens is 148 g/mol. The Morgan fingerprint density at radius 3 is 2.45 bits per heavy atom. The van der Waals surface area contributed by atoms with Crippen LogP contribution in [0.5, 0.6) is 0 Å². The van der Waals surface area contributed by atoms with Crippen LogP contribution in [-0.2, 0) is 14.4 Å². The average molecular weight is 158 g/mol. The molecular formula is C6H10N2O3. The normalized spacial score (nSPS) is 11.7. The van der Waals surface area contributed by atoms with Gasteiger partial charge < -0.3 is 15.8 Å². The van der Waals surface area contributed by atoms with Gasteiger partial charge in [-0.3, -0.25) is 9.59 Å². The standard InChI is InChI=1S/C6H10N2O3/c1-4(10)8-5(3-9)2-6(7)11/h3,5H,2H2,1H3,(H2,7,11)(H,8,10)/t5-/m0/s1. The summed E-state index contributed by atoms with van der Waals surface area (Å²) in [5.41, 5.74) is 4.80. The largest absolute Gasteiger partial charge is 0.370 e. The number of aldehydes is 1. The Bertz CT molecular complexity index is 163. The summed E-state index contributed by atoms with van der Waals surface area (Å²) in [4.78, 5) is 30.8. The lowest BCUT2D eigenvalue weighted by molar-refractivity contribution is -0.124. The Hall–Kier alpha value is -1.39. The van der Waals surface area contributed by atoms with Gasteiger partial charge in [-0.05, 0) is 0 Å². The zero-order chi connectivity index (χ0) is 8.85. The van der Waals surface area contributed by atoms with Crippen LogP contribution in [0, 0.1) is 0 Å². The predicted molar refractivity (Wildman–Crippen MR) is 37.5 cm³/mol. The summed E-state index contributed by atoms with van der Waals surface area (Å²) >= 11 is 0. The number of nitrogens with one attached hydrogen (secondary N) is 1. The maximum absolute atomic E-state index is 10.4. The number of primary amides is 1. The topological polar surface area (TPSA) is 89.3 Å². The Morgan fingerprint density at radius 2 is 2.18 bits per heavy atom. The minimum Gasteiger partial charge on any atom is -0.370 e. The van der Waals surface area contributed by atoms with Crippen LogP contribution in [0.3, 0.4) is 0 Å². The Morgan fingerprint density at radius 1 is 1.64 bits per heavy atom. The highest BCUT2D eigenvalue weighted by Crippen LogP contribution is 1.85. The molecule has 0 radical (unpaired) electrons. The van der Waals surface area contributed by atoms with Gasteiger partial charge in [0.25, 0.3) is 0 Å². The molecule has 3 N–H and O–H groups in total. The predicted octanol–water partition coefficient (Wildman–Crippen LogP) is -1.43. The lowest BCUT2D eigenvalue weighted by Gasteiger charge is -2.07. The fourth-order valence-corrected chi connectivity index (χ4v) is 0.611. The summed E-state index contributed by atoms with van der Waals surface area (Å²) in [7, 11) is 0. The second-order valence-corrected chi connectivity index (χ2v) is 2.11. The van der Waals surface area contributed by atoms with Gasteiger partial charge in [0.1, 0.15) is 6.29 Å². The summed E-state index contributed by atoms with van der Waals surface area (Å²) in [5.74, 6) is -0.973. The van der Waals surface area contributed by atoms with E-state index in [1.54, 1.807) is 0 Å². The van der Waals surface area contributed by atoms with Crippen molar-refractivity contribution in [1.82, 2.24) is 5.32 Å². The minimum absolute atomic E-state index is 0.150. The third-order valence-electron chi connectivity index (χ3n) is 0.974. The summed E-state index contributed by atoms with van der Waals surface area (Å²) in [6.07, 6.45) is 0.329. The smallest absolute Gasteiger partial charge is 0.219 e. The molecule has 0 fully saturated rings. The van der Waals surface area contributed by atoms with Gasteiger partial charge in [-0.1, -0.05) is 0 Å². The molecule has 0 bridgehead atoms. The number of rotatable bonds is 4. The Kier molecular flexibility index (Phi) is 3.87. The van der Waals surface area contributed by atoms with Crippen molar-refractivity contribution in [2.75, 3.05) is 0 Å². The molecule has 0 saturated heterocycles. The molecule has 5 heteroatoms. The molecule has 0 aromatic rings. The van der Waals surface area contributed by atoms with Crippen molar-refractivity contribution in [3.63, 3.8) is 0 Å². The number of carbonyl (C=O) groups excluding carboxylic acids is 3. The third kappa shape index (κ3) is 5.07. The molecule has 0 aliphatic heterocycles. The minimum atomic E-state index is -0.787. The van der Waals surface area contributed by atoms with E-state index in [4.69, 9.17) is 5.73 Å². The van der Waals surface area contributed by atoms with Crippen LogP contribution in [0.25, 0.3) is 0 Å². The first-order valence-electron chi connectivity index (χ1n) is 3.07. The SMILES string of the molecule is CC(=O)N[C@H](C=O)CC(N)=O. The van der Waals surface area contributed by atoms with Crippen molar-refractivity contribution < 1.29 is 14.4 Å². The Labute approximate surface area is 63.9 Å². The molecule has 2 amide bonds. The summed E-state index contributed by atoms with van der Waals surface area (Å²) in [5, 5.41) is 2.25. The number of amides is 2. The zero-order valence-corrected chi connectivity index (χ0v) is 6.16. The van der Waals surface area contributed by atoms with Gasteiger partial charge in [-0.2, -0.15) is 0 Å². The van der Waals surface area contributed by atoms with Crippen LogP contribution < -0.4 is 11.1 Å². The van der Waals surface area contributed by atoms with Gasteiger partial charge in [0.15, 0.2) is 0 Å². The molecule has 0 aromatic carbocycles. The monoisotopic (exact) mass is 158 g/mol. The average Bonchev–Trinajstić information content (AvgIpc) is 1.84. The van der Waals surface area contributed by atoms with Gasteiger partial charge in [0.05, 0.1) is 12.5 Å². The molecule has 0 spiro atoms. The van der Waals surface area contributed by atoms with E-state index in [1.807, 2.05) is 0 Å². The molecule has 1 atom stereocenters. The molecule has 0 aliphatic rings. The molecule has 0 saturated carbocycles. The summed E-state index contributed by atoms with van der Waals surface area (Å²) in [6.45, 7) is 1.26. The molecule has 62 valence electrons. The summed E-state index contributed by atoms with van der Waals surface area (Å²) in [6, 6.07) is -0.787. The second-order valence-electron chi connectivity index (χ2n) is 2.11. The first kappa shape index (κ1) is 9.61. The van der Waals surface area contributed by atoms with Crippen molar-refractivity contribution in [2.24, 2.45) is 5.73 Å². The van der Waals surface area contributed by atoms with E-state index >= 15 is 0 Å². The highest BCUT2D eigenvalue weighted by Gasteiger charge is 2.10. The molecule has 0 unspecified atom stereocenters. The van der Waals surface area contributed by atoms with Gasteiger partial charge in [0, 0.05) is 6.92 Å². The van der Waals surface area contributed by atoms with Crippen molar-refractivity contribution in [3.05, 3.63) is 0 Å². The molecule has 0 rings (SSSR count). The quantitative estimate of drug-likeness (QED) is 0.491. The summed E-state index contributed by atoms with van der Waals surface area (Å²) < 4.78 is 0. The lowest BCUT2D eigenvalue weighted by Crippen LogP contribution is -2.37. The molecule has 0 aromatic heterocycles. The maximum atomic E-state index is 10.4. The van der Waals surface area contributed by atoms with Gasteiger partial charge >= 0.3 is 0 Å². The van der Waals surface area contributed by atoms with Crippen molar-refractivity contribution in [3.8, 4) is 0 Å². The third-order valence-corrected chi connectivity index (χ3v) is 0.974. The number of hydrogen-bond donors (Lipinski definition) is 2. The Balaban J connectivity index is 3.85. The van der Waals surface area contributed by atoms with Crippen molar-refractivity contribution in [2.45, 2.75) is 19.4 Å². The van der Waals surface area contributed by atoms with E-state index < -0.39 is 11.9 Å². The van der Waals surface area contributed by atoms with Crippen molar-refractivity contribution in [1.29, 1.82) is 0 Å². The number of carbonyl (C=O) groups is 3. The van der Waals surface area contributed by atoms with Crippen LogP contribution >= 0.6 is 0 Å². The van der Waals surface area contributed by atoms with E-state index in [0.717, 1.165) is 0 Å². The fourth-order valence-electron chi connectivity index (χ4n) is 0.611. The maximum Gasteiger partial charge on any atom is 0.219 e. The molecule has 0 aliphatic carbocycles. The van der Waals surface area contributed by atoms with Crippen LogP contribution in [-0.4, -0.2) is 24.1 Å². The molecule has 0 heterocycles. The van der Waals surface area contributed by atoms with E-state index in [0.29, 0.717) is 6.29 Å². The van der Waals surface area contributed by atoms with Gasteiger partial charge in [0.2, 0.25) is 11.8 Å². The van der Waals surface area contributed by atoms with E-state index in [1.165, 1.54) is 6.92 Å². The first-order valence-corrected chi connectivity index (χ1v) is 3.07. The highest BCUT2D eigenvalue weighted by molar-refractivity contribution is 5.82.